The highest BCUT2D eigenvalue weighted by atomic mass is 32.1. The van der Waals surface area contributed by atoms with Gasteiger partial charge in [0.2, 0.25) is 0 Å². The van der Waals surface area contributed by atoms with Crippen LogP contribution in [0.1, 0.15) is 45.0 Å². The van der Waals surface area contributed by atoms with Crippen LogP contribution in [-0.2, 0) is 17.4 Å². The summed E-state index contributed by atoms with van der Waals surface area (Å²) in [5, 5.41) is 14.2. The smallest absolute Gasteiger partial charge is 0.352 e. The number of aromatic hydroxyl groups is 1. The zero-order valence-corrected chi connectivity index (χ0v) is 14.5. The van der Waals surface area contributed by atoms with Gasteiger partial charge in [0.25, 0.3) is 5.91 Å². The number of thiophene rings is 1. The lowest BCUT2D eigenvalue weighted by molar-refractivity contribution is 0.0945. The van der Waals surface area contributed by atoms with Crippen LogP contribution in [0.25, 0.3) is 0 Å². The maximum absolute atomic E-state index is 12.6. The van der Waals surface area contributed by atoms with E-state index in [1.165, 1.54) is 23.5 Å². The van der Waals surface area contributed by atoms with Crippen molar-refractivity contribution in [3.8, 4) is 5.75 Å². The fourth-order valence-electron chi connectivity index (χ4n) is 2.96. The number of carbonyl (C=O) groups excluding carboxylic acids is 1. The summed E-state index contributed by atoms with van der Waals surface area (Å²) in [5.41, 5.74) is 2.13. The average molecular weight is 367 g/mol. The largest absolute Gasteiger partial charge is 0.508 e. The molecule has 2 aromatic rings. The van der Waals surface area contributed by atoms with Gasteiger partial charge in [-0.1, -0.05) is 18.2 Å². The molecule has 24 heavy (non-hydrogen) atoms. The van der Waals surface area contributed by atoms with Crippen LogP contribution in [0.3, 0.4) is 0 Å². The van der Waals surface area contributed by atoms with Crippen molar-refractivity contribution in [3.05, 3.63) is 51.2 Å². The number of phenolic OH excluding ortho intramolecular Hbond substituents is 1. The summed E-state index contributed by atoms with van der Waals surface area (Å²) in [6.45, 7) is 0. The van der Waals surface area contributed by atoms with Crippen molar-refractivity contribution < 1.29 is 24.3 Å². The number of phenols is 1. The molecule has 6 nitrogen and oxygen atoms in total. The molecule has 1 atom stereocenters. The van der Waals surface area contributed by atoms with Crippen LogP contribution in [0.5, 0.6) is 5.75 Å². The molecule has 1 amide bonds. The summed E-state index contributed by atoms with van der Waals surface area (Å²) in [7, 11) is -4.70. The average Bonchev–Trinajstić information content (AvgIpc) is 2.96. The molecule has 1 aliphatic carbocycles. The first-order valence-corrected chi connectivity index (χ1v) is 10.2. The van der Waals surface area contributed by atoms with Crippen molar-refractivity contribution in [1.82, 2.24) is 5.32 Å². The Morgan fingerprint density at radius 1 is 1.21 bits per heavy atom. The molecule has 8 heteroatoms. The highest BCUT2D eigenvalue weighted by Crippen LogP contribution is 2.52. The van der Waals surface area contributed by atoms with E-state index >= 15 is 0 Å². The summed E-state index contributed by atoms with van der Waals surface area (Å²) in [5.74, 6) is -2.35. The SMILES string of the molecule is O=C(N[C@@H](c1ccccc1O)P(=O)(O)O)c1scc2c1CCCC2. The summed E-state index contributed by atoms with van der Waals surface area (Å²) < 4.78 is 11.8. The second kappa shape index (κ2) is 6.69. The van der Waals surface area contributed by atoms with Gasteiger partial charge in [-0.05, 0) is 48.3 Å². The topological polar surface area (TPSA) is 107 Å². The molecule has 4 N–H and O–H groups in total. The monoisotopic (exact) mass is 367 g/mol. The zero-order valence-electron chi connectivity index (χ0n) is 12.8. The molecule has 0 spiro atoms. The van der Waals surface area contributed by atoms with Gasteiger partial charge < -0.3 is 20.2 Å². The first-order chi connectivity index (χ1) is 11.4. The predicted octanol–water partition coefficient (Wildman–Crippen LogP) is 2.94. The minimum Gasteiger partial charge on any atom is -0.508 e. The van der Waals surface area contributed by atoms with Gasteiger partial charge in [0.05, 0.1) is 4.88 Å². The number of aryl methyl sites for hydroxylation is 1. The molecule has 1 aromatic heterocycles. The molecular formula is C16H18NO5PS. The number of benzene rings is 1. The third kappa shape index (κ3) is 3.39. The Morgan fingerprint density at radius 3 is 2.62 bits per heavy atom. The lowest BCUT2D eigenvalue weighted by atomic mass is 9.94. The molecule has 128 valence electrons. The fraction of sp³-hybridized carbons (Fsp3) is 0.312. The second-order valence-corrected chi connectivity index (χ2v) is 8.37. The summed E-state index contributed by atoms with van der Waals surface area (Å²) in [6.07, 6.45) is 3.83. The number of carbonyl (C=O) groups is 1. The highest BCUT2D eigenvalue weighted by Gasteiger charge is 2.35. The number of hydrogen-bond acceptors (Lipinski definition) is 4. The van der Waals surface area contributed by atoms with Crippen LogP contribution in [0, 0.1) is 0 Å². The minimum atomic E-state index is -4.70. The van der Waals surface area contributed by atoms with E-state index in [4.69, 9.17) is 0 Å². The third-order valence-electron chi connectivity index (χ3n) is 4.15. The Balaban J connectivity index is 1.91. The van der Waals surface area contributed by atoms with Crippen LogP contribution in [0.15, 0.2) is 29.6 Å². The Hall–Kier alpha value is -1.66. The first-order valence-electron chi connectivity index (χ1n) is 7.61. The quantitative estimate of drug-likeness (QED) is 0.622. The molecule has 0 saturated heterocycles. The molecule has 0 fully saturated rings. The Bertz CT molecular complexity index is 813. The van der Waals surface area contributed by atoms with Crippen molar-refractivity contribution >= 4 is 24.8 Å². The Kier molecular flexibility index (Phi) is 4.78. The van der Waals surface area contributed by atoms with E-state index in [0.717, 1.165) is 36.8 Å². The number of nitrogens with one attached hydrogen (secondary N) is 1. The molecule has 0 unspecified atom stereocenters. The number of rotatable bonds is 4. The normalized spacial score (nSPS) is 15.6. The van der Waals surface area contributed by atoms with Gasteiger partial charge in [0.15, 0.2) is 5.78 Å². The van der Waals surface area contributed by atoms with E-state index < -0.39 is 19.3 Å². The fourth-order valence-corrected chi connectivity index (χ4v) is 4.89. The van der Waals surface area contributed by atoms with E-state index in [9.17, 15) is 24.3 Å². The Labute approximate surface area is 143 Å². The molecule has 0 bridgehead atoms. The van der Waals surface area contributed by atoms with Gasteiger partial charge in [0.1, 0.15) is 5.75 Å². The van der Waals surface area contributed by atoms with Crippen molar-refractivity contribution in [2.45, 2.75) is 31.5 Å². The second-order valence-electron chi connectivity index (χ2n) is 5.80. The molecule has 0 radical (unpaired) electrons. The third-order valence-corrected chi connectivity index (χ3v) is 6.30. The van der Waals surface area contributed by atoms with Crippen molar-refractivity contribution in [1.29, 1.82) is 0 Å². The molecular weight excluding hydrogens is 349 g/mol. The molecule has 1 aliphatic rings. The van der Waals surface area contributed by atoms with Crippen molar-refractivity contribution in [2.75, 3.05) is 0 Å². The van der Waals surface area contributed by atoms with E-state index in [1.807, 2.05) is 5.38 Å². The van der Waals surface area contributed by atoms with Crippen LogP contribution in [0.2, 0.25) is 0 Å². The number of fused-ring (bicyclic) bond motifs is 1. The lowest BCUT2D eigenvalue weighted by Gasteiger charge is -2.21. The van der Waals surface area contributed by atoms with Gasteiger partial charge in [-0.15, -0.1) is 11.3 Å². The minimum absolute atomic E-state index is 0.00427. The number of amides is 1. The Morgan fingerprint density at radius 2 is 1.92 bits per heavy atom. The standard InChI is InChI=1S/C16H18NO5PS/c18-13-8-4-3-7-12(13)16(23(20,21)22)17-15(19)14-11-6-2-1-5-10(11)9-24-14/h3-4,7-9,16,18H,1-2,5-6H2,(H,17,19)(H2,20,21,22)/t16-/m1/s1. The van der Waals surface area contributed by atoms with Crippen LogP contribution < -0.4 is 5.32 Å². The van der Waals surface area contributed by atoms with E-state index in [2.05, 4.69) is 5.32 Å². The van der Waals surface area contributed by atoms with Crippen molar-refractivity contribution in [2.24, 2.45) is 0 Å². The van der Waals surface area contributed by atoms with E-state index in [0.29, 0.717) is 4.88 Å². The molecule has 3 rings (SSSR count). The van der Waals surface area contributed by atoms with Gasteiger partial charge in [-0.25, -0.2) is 0 Å². The molecule has 1 aromatic carbocycles. The molecule has 0 aliphatic heterocycles. The summed E-state index contributed by atoms with van der Waals surface area (Å²) >= 11 is 1.30. The molecule has 1 heterocycles. The maximum Gasteiger partial charge on any atom is 0.352 e. The first kappa shape index (κ1) is 17.2. The summed E-state index contributed by atoms with van der Waals surface area (Å²) in [4.78, 5) is 32.4. The van der Waals surface area contributed by atoms with Crippen molar-refractivity contribution in [3.63, 3.8) is 0 Å². The maximum atomic E-state index is 12.6. The van der Waals surface area contributed by atoms with Gasteiger partial charge in [-0.2, -0.15) is 0 Å². The predicted molar refractivity (Wildman–Crippen MR) is 91.3 cm³/mol. The zero-order chi connectivity index (χ0) is 17.3. The highest BCUT2D eigenvalue weighted by molar-refractivity contribution is 7.52. The molecule has 0 saturated carbocycles. The van der Waals surface area contributed by atoms with E-state index in [1.54, 1.807) is 12.1 Å². The van der Waals surface area contributed by atoms with E-state index in [-0.39, 0.29) is 11.3 Å². The number of para-hydroxylation sites is 1. The van der Waals surface area contributed by atoms with Crippen LogP contribution in [0.4, 0.5) is 0 Å². The van der Waals surface area contributed by atoms with Gasteiger partial charge in [0, 0.05) is 5.56 Å². The summed E-state index contributed by atoms with van der Waals surface area (Å²) in [6, 6.07) is 5.82. The lowest BCUT2D eigenvalue weighted by Crippen LogP contribution is -2.29. The van der Waals surface area contributed by atoms with Gasteiger partial charge >= 0.3 is 7.60 Å². The van der Waals surface area contributed by atoms with Gasteiger partial charge in [-0.3, -0.25) is 9.36 Å². The van der Waals surface area contributed by atoms with Crippen LogP contribution >= 0.6 is 18.9 Å². The van der Waals surface area contributed by atoms with Crippen LogP contribution in [-0.4, -0.2) is 20.8 Å². The number of hydrogen-bond donors (Lipinski definition) is 4.